The average molecular weight is 422 g/mol. The van der Waals surface area contributed by atoms with Crippen molar-refractivity contribution in [2.24, 2.45) is 0 Å². The van der Waals surface area contributed by atoms with Gasteiger partial charge in [-0.15, -0.1) is 10.2 Å². The van der Waals surface area contributed by atoms with E-state index < -0.39 is 5.25 Å². The van der Waals surface area contributed by atoms with Crippen molar-refractivity contribution in [3.8, 4) is 11.7 Å². The number of aryl methyl sites for hydroxylation is 2. The Morgan fingerprint density at radius 1 is 1.32 bits per heavy atom. The fourth-order valence-electron chi connectivity index (χ4n) is 2.53. The minimum Gasteiger partial charge on any atom is -0.495 e. The van der Waals surface area contributed by atoms with E-state index in [0.717, 1.165) is 11.4 Å². The van der Waals surface area contributed by atoms with Gasteiger partial charge in [0.05, 0.1) is 23.1 Å². The van der Waals surface area contributed by atoms with Gasteiger partial charge in [0, 0.05) is 11.4 Å². The number of nitrogens with zero attached hydrogens (tertiary/aromatic N) is 5. The molecule has 1 amide bonds. The van der Waals surface area contributed by atoms with Gasteiger partial charge in [-0.2, -0.15) is 5.10 Å². The van der Waals surface area contributed by atoms with Crippen molar-refractivity contribution in [1.29, 1.82) is 0 Å². The topological polar surface area (TPSA) is 113 Å². The van der Waals surface area contributed by atoms with Gasteiger partial charge in [-0.05, 0) is 45.0 Å². The number of nitrogens with one attached hydrogen (secondary N) is 1. The van der Waals surface area contributed by atoms with E-state index in [0.29, 0.717) is 27.6 Å². The summed E-state index contributed by atoms with van der Waals surface area (Å²) in [5, 5.41) is 15.7. The minimum absolute atomic E-state index is 0.220. The lowest BCUT2D eigenvalue weighted by atomic mass is 10.3. The van der Waals surface area contributed by atoms with Crippen molar-refractivity contribution in [3.63, 3.8) is 0 Å². The zero-order valence-corrected chi connectivity index (χ0v) is 17.4. The number of carbonyl (C=O) groups is 1. The lowest BCUT2D eigenvalue weighted by molar-refractivity contribution is -0.115. The first-order chi connectivity index (χ1) is 13.3. The highest BCUT2D eigenvalue weighted by Gasteiger charge is 2.21. The number of carbonyl (C=O) groups excluding carboxylic acids is 1. The molecule has 0 aliphatic heterocycles. The molecule has 0 aliphatic rings. The Labute approximate surface area is 171 Å². The molecule has 0 bridgehead atoms. The van der Waals surface area contributed by atoms with Crippen LogP contribution < -0.4 is 15.9 Å². The molecule has 0 fully saturated rings. The molecule has 3 N–H and O–H groups in total. The van der Waals surface area contributed by atoms with Crippen LogP contribution in [0.3, 0.4) is 0 Å². The Kier molecular flexibility index (Phi) is 5.80. The zero-order chi connectivity index (χ0) is 20.4. The minimum atomic E-state index is -0.472. The van der Waals surface area contributed by atoms with Gasteiger partial charge in [-0.3, -0.25) is 4.79 Å². The van der Waals surface area contributed by atoms with E-state index in [1.807, 2.05) is 19.9 Å². The molecule has 0 radical (unpaired) electrons. The van der Waals surface area contributed by atoms with Crippen LogP contribution in [-0.2, 0) is 4.79 Å². The fourth-order valence-corrected chi connectivity index (χ4v) is 3.55. The third-order valence-electron chi connectivity index (χ3n) is 3.92. The van der Waals surface area contributed by atoms with Crippen molar-refractivity contribution < 1.29 is 9.53 Å². The quantitative estimate of drug-likeness (QED) is 0.464. The molecule has 11 heteroatoms. The van der Waals surface area contributed by atoms with Gasteiger partial charge in [0.25, 0.3) is 5.95 Å². The Morgan fingerprint density at radius 3 is 2.68 bits per heavy atom. The first-order valence-corrected chi connectivity index (χ1v) is 9.61. The Morgan fingerprint density at radius 2 is 2.07 bits per heavy atom. The van der Waals surface area contributed by atoms with Crippen LogP contribution in [0.1, 0.15) is 18.3 Å². The number of methoxy groups -OCH3 is 1. The maximum atomic E-state index is 12.5. The summed E-state index contributed by atoms with van der Waals surface area (Å²) < 4.78 is 8.03. The van der Waals surface area contributed by atoms with Crippen molar-refractivity contribution in [1.82, 2.24) is 24.7 Å². The fraction of sp³-hybridized carbons (Fsp3) is 0.294. The molecule has 28 heavy (non-hydrogen) atoms. The summed E-state index contributed by atoms with van der Waals surface area (Å²) >= 11 is 7.28. The van der Waals surface area contributed by atoms with E-state index in [4.69, 9.17) is 22.2 Å². The number of thioether (sulfide) groups is 1. The molecule has 2 aromatic heterocycles. The van der Waals surface area contributed by atoms with Gasteiger partial charge in [-0.1, -0.05) is 23.4 Å². The molecule has 0 spiro atoms. The van der Waals surface area contributed by atoms with E-state index in [1.165, 1.54) is 23.5 Å². The van der Waals surface area contributed by atoms with E-state index in [9.17, 15) is 4.79 Å². The van der Waals surface area contributed by atoms with Crippen LogP contribution in [0.15, 0.2) is 29.4 Å². The SMILES string of the molecule is COc1ccc(NC(=O)C(C)Sc2nnc(-n3nc(C)cc3C)n2N)cc1Cl. The van der Waals surface area contributed by atoms with Crippen LogP contribution in [0.5, 0.6) is 5.75 Å². The molecule has 3 aromatic rings. The van der Waals surface area contributed by atoms with Crippen LogP contribution in [0.2, 0.25) is 5.02 Å². The van der Waals surface area contributed by atoms with Crippen LogP contribution in [-0.4, -0.2) is 42.9 Å². The van der Waals surface area contributed by atoms with E-state index >= 15 is 0 Å². The molecule has 3 rings (SSSR count). The molecule has 0 saturated carbocycles. The van der Waals surface area contributed by atoms with Gasteiger partial charge in [-0.25, -0.2) is 9.36 Å². The first-order valence-electron chi connectivity index (χ1n) is 8.35. The first kappa shape index (κ1) is 20.0. The Balaban J connectivity index is 1.71. The summed E-state index contributed by atoms with van der Waals surface area (Å²) in [4.78, 5) is 12.5. The number of amides is 1. The maximum Gasteiger partial charge on any atom is 0.271 e. The summed E-state index contributed by atoms with van der Waals surface area (Å²) in [6, 6.07) is 6.94. The predicted molar refractivity (Wildman–Crippen MR) is 109 cm³/mol. The summed E-state index contributed by atoms with van der Waals surface area (Å²) in [5.74, 6) is 6.81. The molecule has 2 heterocycles. The lowest BCUT2D eigenvalue weighted by Gasteiger charge is -2.12. The second-order valence-corrected chi connectivity index (χ2v) is 7.81. The predicted octanol–water partition coefficient (Wildman–Crippen LogP) is 2.58. The van der Waals surface area contributed by atoms with E-state index in [1.54, 1.807) is 29.8 Å². The second-order valence-electron chi connectivity index (χ2n) is 6.09. The van der Waals surface area contributed by atoms with Crippen LogP contribution in [0, 0.1) is 13.8 Å². The summed E-state index contributed by atoms with van der Waals surface area (Å²) in [7, 11) is 1.53. The third-order valence-corrected chi connectivity index (χ3v) is 5.27. The number of aromatic nitrogens is 5. The maximum absolute atomic E-state index is 12.5. The average Bonchev–Trinajstić information content (AvgIpc) is 3.16. The largest absolute Gasteiger partial charge is 0.495 e. The molecular weight excluding hydrogens is 402 g/mol. The highest BCUT2D eigenvalue weighted by atomic mass is 35.5. The molecule has 9 nitrogen and oxygen atoms in total. The van der Waals surface area contributed by atoms with Crippen molar-refractivity contribution in [2.75, 3.05) is 18.3 Å². The van der Waals surface area contributed by atoms with Gasteiger partial charge >= 0.3 is 0 Å². The number of nitrogens with two attached hydrogens (primary N) is 1. The third kappa shape index (κ3) is 4.07. The number of benzene rings is 1. The number of hydrogen-bond acceptors (Lipinski definition) is 7. The highest BCUT2D eigenvalue weighted by molar-refractivity contribution is 8.00. The van der Waals surface area contributed by atoms with Crippen molar-refractivity contribution in [2.45, 2.75) is 31.2 Å². The van der Waals surface area contributed by atoms with Crippen LogP contribution >= 0.6 is 23.4 Å². The van der Waals surface area contributed by atoms with Crippen molar-refractivity contribution >= 4 is 35.0 Å². The molecular formula is C17H20ClN7O2S. The lowest BCUT2D eigenvalue weighted by Crippen LogP contribution is -2.24. The van der Waals surface area contributed by atoms with Gasteiger partial charge in [0.15, 0.2) is 0 Å². The van der Waals surface area contributed by atoms with Gasteiger partial charge < -0.3 is 15.9 Å². The number of ether oxygens (including phenoxy) is 1. The highest BCUT2D eigenvalue weighted by Crippen LogP contribution is 2.28. The second kappa shape index (κ2) is 8.11. The normalized spacial score (nSPS) is 12.0. The number of halogens is 1. The number of anilines is 1. The summed E-state index contributed by atoms with van der Waals surface area (Å²) in [6.45, 7) is 5.54. The Bertz CT molecular complexity index is 1020. The smallest absolute Gasteiger partial charge is 0.271 e. The molecule has 0 aliphatic carbocycles. The summed E-state index contributed by atoms with van der Waals surface area (Å²) in [5.41, 5.74) is 2.30. The molecule has 1 unspecified atom stereocenters. The molecule has 1 atom stereocenters. The molecule has 0 saturated heterocycles. The number of hydrogen-bond donors (Lipinski definition) is 2. The standard InChI is InChI=1S/C17H20ClN7O2S/c1-9-7-10(2)25(23-9)16-21-22-17(24(16)19)28-11(3)15(26)20-12-5-6-14(27-4)13(18)8-12/h5-8,11H,19H2,1-4H3,(H,20,26). The van der Waals surface area contributed by atoms with E-state index in [2.05, 4.69) is 20.6 Å². The van der Waals surface area contributed by atoms with E-state index in [-0.39, 0.29) is 5.91 Å². The Hall–Kier alpha value is -2.72. The van der Waals surface area contributed by atoms with Gasteiger partial charge in [0.1, 0.15) is 5.75 Å². The zero-order valence-electron chi connectivity index (χ0n) is 15.8. The van der Waals surface area contributed by atoms with Crippen LogP contribution in [0.25, 0.3) is 5.95 Å². The van der Waals surface area contributed by atoms with Crippen molar-refractivity contribution in [3.05, 3.63) is 40.7 Å². The monoisotopic (exact) mass is 421 g/mol. The molecule has 148 valence electrons. The molecule has 1 aromatic carbocycles. The number of rotatable bonds is 6. The summed E-state index contributed by atoms with van der Waals surface area (Å²) in [6.07, 6.45) is 0. The van der Waals surface area contributed by atoms with Gasteiger partial charge in [0.2, 0.25) is 11.1 Å². The van der Waals surface area contributed by atoms with Crippen LogP contribution in [0.4, 0.5) is 5.69 Å². The number of nitrogen functional groups attached to an aromatic ring is 1.